The topological polar surface area (TPSA) is 32.3 Å². The summed E-state index contributed by atoms with van der Waals surface area (Å²) in [5.74, 6) is 0.227. The van der Waals surface area contributed by atoms with Crippen molar-refractivity contribution in [3.63, 3.8) is 0 Å². The van der Waals surface area contributed by atoms with Gasteiger partial charge in [-0.15, -0.1) is 0 Å². The van der Waals surface area contributed by atoms with Crippen LogP contribution in [0.5, 0.6) is 0 Å². The summed E-state index contributed by atoms with van der Waals surface area (Å²) in [6.07, 6.45) is 1.53. The van der Waals surface area contributed by atoms with Crippen molar-refractivity contribution in [2.24, 2.45) is 0 Å². The van der Waals surface area contributed by atoms with Gasteiger partial charge in [0.1, 0.15) is 0 Å². The summed E-state index contributed by atoms with van der Waals surface area (Å²) in [6, 6.07) is 10.5. The summed E-state index contributed by atoms with van der Waals surface area (Å²) in [6.45, 7) is 12.0. The SMILES string of the molecule is CCC(C)N(Cc1ccccc1)C(=O)CCNC(C)(C)C. The summed E-state index contributed by atoms with van der Waals surface area (Å²) in [7, 11) is 0. The second-order valence-corrected chi connectivity index (χ2v) is 6.69. The minimum absolute atomic E-state index is 0.0565. The molecule has 1 aromatic carbocycles. The fourth-order valence-corrected chi connectivity index (χ4v) is 2.18. The van der Waals surface area contributed by atoms with Crippen LogP contribution in [0.25, 0.3) is 0 Å². The van der Waals surface area contributed by atoms with Gasteiger partial charge in [0.15, 0.2) is 0 Å². The van der Waals surface area contributed by atoms with Crippen molar-refractivity contribution in [3.05, 3.63) is 35.9 Å². The van der Waals surface area contributed by atoms with Gasteiger partial charge >= 0.3 is 0 Å². The van der Waals surface area contributed by atoms with E-state index in [2.05, 4.69) is 52.1 Å². The Kier molecular flexibility index (Phi) is 6.90. The number of benzene rings is 1. The predicted octanol–water partition coefficient (Wildman–Crippen LogP) is 3.59. The fraction of sp³-hybridized carbons (Fsp3) is 0.611. The Bertz CT molecular complexity index is 423. The normalized spacial score (nSPS) is 13.0. The molecule has 0 heterocycles. The lowest BCUT2D eigenvalue weighted by molar-refractivity contribution is -0.133. The summed E-state index contributed by atoms with van der Waals surface area (Å²) in [5, 5.41) is 3.38. The molecule has 0 radical (unpaired) electrons. The van der Waals surface area contributed by atoms with Gasteiger partial charge in [-0.1, -0.05) is 37.3 Å². The maximum absolute atomic E-state index is 12.5. The Labute approximate surface area is 129 Å². The molecule has 0 fully saturated rings. The van der Waals surface area contributed by atoms with E-state index in [-0.39, 0.29) is 17.5 Å². The van der Waals surface area contributed by atoms with Crippen molar-refractivity contribution >= 4 is 5.91 Å². The number of amides is 1. The van der Waals surface area contributed by atoms with Gasteiger partial charge in [0, 0.05) is 31.1 Å². The van der Waals surface area contributed by atoms with E-state index in [1.165, 1.54) is 5.56 Å². The lowest BCUT2D eigenvalue weighted by Gasteiger charge is -2.29. The summed E-state index contributed by atoms with van der Waals surface area (Å²) < 4.78 is 0. The molecule has 1 N–H and O–H groups in total. The van der Waals surface area contributed by atoms with E-state index in [1.54, 1.807) is 0 Å². The van der Waals surface area contributed by atoms with E-state index in [1.807, 2.05) is 23.1 Å². The highest BCUT2D eigenvalue weighted by atomic mass is 16.2. The number of rotatable bonds is 7. The first-order valence-corrected chi connectivity index (χ1v) is 7.92. The molecule has 3 heteroatoms. The molecule has 0 saturated carbocycles. The Morgan fingerprint density at radius 3 is 2.38 bits per heavy atom. The molecule has 1 aromatic rings. The Morgan fingerprint density at radius 2 is 1.86 bits per heavy atom. The number of carbonyl (C=O) groups is 1. The molecule has 0 aliphatic carbocycles. The van der Waals surface area contributed by atoms with Crippen LogP contribution in [0.3, 0.4) is 0 Å². The van der Waals surface area contributed by atoms with Gasteiger partial charge in [-0.2, -0.15) is 0 Å². The molecular weight excluding hydrogens is 260 g/mol. The van der Waals surface area contributed by atoms with Crippen LogP contribution in [-0.4, -0.2) is 28.9 Å². The van der Waals surface area contributed by atoms with E-state index < -0.39 is 0 Å². The van der Waals surface area contributed by atoms with Gasteiger partial charge in [0.2, 0.25) is 5.91 Å². The monoisotopic (exact) mass is 290 g/mol. The molecule has 118 valence electrons. The number of hydrogen-bond acceptors (Lipinski definition) is 2. The third-order valence-electron chi connectivity index (χ3n) is 3.63. The van der Waals surface area contributed by atoms with E-state index in [0.717, 1.165) is 13.0 Å². The average molecular weight is 290 g/mol. The van der Waals surface area contributed by atoms with Crippen LogP contribution < -0.4 is 5.32 Å². The van der Waals surface area contributed by atoms with Crippen LogP contribution >= 0.6 is 0 Å². The van der Waals surface area contributed by atoms with E-state index in [0.29, 0.717) is 13.0 Å². The molecule has 3 nitrogen and oxygen atoms in total. The van der Waals surface area contributed by atoms with Crippen LogP contribution in [0.4, 0.5) is 0 Å². The van der Waals surface area contributed by atoms with Gasteiger partial charge in [-0.3, -0.25) is 4.79 Å². The molecule has 1 amide bonds. The predicted molar refractivity (Wildman–Crippen MR) is 89.1 cm³/mol. The first-order valence-electron chi connectivity index (χ1n) is 7.92. The van der Waals surface area contributed by atoms with Gasteiger partial charge in [-0.25, -0.2) is 0 Å². The smallest absolute Gasteiger partial charge is 0.224 e. The minimum atomic E-state index is 0.0565. The van der Waals surface area contributed by atoms with Gasteiger partial charge < -0.3 is 10.2 Å². The van der Waals surface area contributed by atoms with Crippen molar-refractivity contribution in [1.82, 2.24) is 10.2 Å². The Balaban J connectivity index is 2.62. The van der Waals surface area contributed by atoms with Crippen LogP contribution in [0, 0.1) is 0 Å². The molecular formula is C18H30N2O. The minimum Gasteiger partial charge on any atom is -0.336 e. The van der Waals surface area contributed by atoms with Crippen LogP contribution in [0.2, 0.25) is 0 Å². The maximum Gasteiger partial charge on any atom is 0.224 e. The van der Waals surface area contributed by atoms with Crippen LogP contribution in [-0.2, 0) is 11.3 Å². The standard InChI is InChI=1S/C18H30N2O/c1-6-15(2)20(14-16-10-8-7-9-11-16)17(21)12-13-19-18(3,4)5/h7-11,15,19H,6,12-14H2,1-5H3. The van der Waals surface area contributed by atoms with Crippen LogP contribution in [0.15, 0.2) is 30.3 Å². The van der Waals surface area contributed by atoms with Crippen LogP contribution in [0.1, 0.15) is 53.0 Å². The zero-order valence-electron chi connectivity index (χ0n) is 14.1. The zero-order valence-corrected chi connectivity index (χ0v) is 14.1. The van der Waals surface area contributed by atoms with Gasteiger partial charge in [-0.05, 0) is 39.7 Å². The van der Waals surface area contributed by atoms with E-state index in [4.69, 9.17) is 0 Å². The molecule has 0 aliphatic heterocycles. The maximum atomic E-state index is 12.5. The molecule has 0 aliphatic rings. The molecule has 1 rings (SSSR count). The molecule has 0 aromatic heterocycles. The third-order valence-corrected chi connectivity index (χ3v) is 3.63. The van der Waals surface area contributed by atoms with Crippen molar-refractivity contribution in [1.29, 1.82) is 0 Å². The van der Waals surface area contributed by atoms with Crippen molar-refractivity contribution < 1.29 is 4.79 Å². The molecule has 0 saturated heterocycles. The Morgan fingerprint density at radius 1 is 1.24 bits per heavy atom. The quantitative estimate of drug-likeness (QED) is 0.832. The number of carbonyl (C=O) groups excluding carboxylic acids is 1. The number of hydrogen-bond donors (Lipinski definition) is 1. The molecule has 1 atom stereocenters. The largest absolute Gasteiger partial charge is 0.336 e. The molecule has 0 bridgehead atoms. The molecule has 0 spiro atoms. The van der Waals surface area contributed by atoms with Crippen molar-refractivity contribution in [2.75, 3.05) is 6.54 Å². The van der Waals surface area contributed by atoms with Crippen molar-refractivity contribution in [3.8, 4) is 0 Å². The fourth-order valence-electron chi connectivity index (χ4n) is 2.18. The highest BCUT2D eigenvalue weighted by Crippen LogP contribution is 2.12. The Hall–Kier alpha value is -1.35. The summed E-state index contributed by atoms with van der Waals surface area (Å²) in [4.78, 5) is 14.5. The first kappa shape index (κ1) is 17.7. The molecule has 1 unspecified atom stereocenters. The summed E-state index contributed by atoms with van der Waals surface area (Å²) in [5.41, 5.74) is 1.25. The molecule has 21 heavy (non-hydrogen) atoms. The van der Waals surface area contributed by atoms with E-state index in [9.17, 15) is 4.79 Å². The first-order chi connectivity index (χ1) is 9.83. The second-order valence-electron chi connectivity index (χ2n) is 6.69. The summed E-state index contributed by atoms with van der Waals surface area (Å²) >= 11 is 0. The zero-order chi connectivity index (χ0) is 15.9. The second kappa shape index (κ2) is 8.18. The number of nitrogens with one attached hydrogen (secondary N) is 1. The number of nitrogens with zero attached hydrogens (tertiary/aromatic N) is 1. The van der Waals surface area contributed by atoms with Gasteiger partial charge in [0.05, 0.1) is 0 Å². The highest BCUT2D eigenvalue weighted by Gasteiger charge is 2.19. The van der Waals surface area contributed by atoms with Gasteiger partial charge in [0.25, 0.3) is 0 Å². The lowest BCUT2D eigenvalue weighted by Crippen LogP contribution is -2.42. The third kappa shape index (κ3) is 6.76. The highest BCUT2D eigenvalue weighted by molar-refractivity contribution is 5.76. The van der Waals surface area contributed by atoms with E-state index >= 15 is 0 Å². The van der Waals surface area contributed by atoms with Crippen molar-refractivity contribution in [2.45, 2.75) is 65.6 Å². The average Bonchev–Trinajstić information content (AvgIpc) is 2.43. The lowest BCUT2D eigenvalue weighted by atomic mass is 10.1.